The van der Waals surface area contributed by atoms with Gasteiger partial charge in [-0.2, -0.15) is 0 Å². The number of rotatable bonds is 1. The first-order valence-corrected chi connectivity index (χ1v) is 5.26. The van der Waals surface area contributed by atoms with Crippen LogP contribution in [0.25, 0.3) is 22.0 Å². The molecule has 1 heteroatoms. The zero-order valence-electron chi connectivity index (χ0n) is 8.72. The highest BCUT2D eigenvalue weighted by atomic mass is 14.6. The molecule has 16 heavy (non-hydrogen) atoms. The molecule has 75 valence electrons. The Kier molecular flexibility index (Phi) is 2.15. The second kappa shape index (κ2) is 3.78. The van der Waals surface area contributed by atoms with Gasteiger partial charge in [-0.1, -0.05) is 48.5 Å². The van der Waals surface area contributed by atoms with Crippen LogP contribution in [-0.4, -0.2) is 4.98 Å². The average molecular weight is 204 g/mol. The lowest BCUT2D eigenvalue weighted by Crippen LogP contribution is -1.82. The molecule has 0 aliphatic rings. The fraction of sp³-hybridized carbons (Fsp3) is 0. The van der Waals surface area contributed by atoms with Gasteiger partial charge < -0.3 is 0 Å². The summed E-state index contributed by atoms with van der Waals surface area (Å²) in [6.07, 6.45) is 1.87. The Morgan fingerprint density at radius 2 is 1.56 bits per heavy atom. The first kappa shape index (κ1) is 9.10. The second-order valence-electron chi connectivity index (χ2n) is 3.68. The second-order valence-corrected chi connectivity index (χ2v) is 3.68. The Labute approximate surface area is 94.4 Å². The first-order chi connectivity index (χ1) is 7.93. The van der Waals surface area contributed by atoms with Crippen LogP contribution in [0.1, 0.15) is 0 Å². The molecule has 0 aliphatic carbocycles. The average Bonchev–Trinajstić information content (AvgIpc) is 2.39. The van der Waals surface area contributed by atoms with Gasteiger partial charge in [-0.25, -0.2) is 0 Å². The maximum absolute atomic E-state index is 4.43. The molecule has 1 nitrogen and oxygen atoms in total. The maximum Gasteiger partial charge on any atom is 0.0708 e. The van der Waals surface area contributed by atoms with Crippen molar-refractivity contribution >= 4 is 10.9 Å². The molecule has 2 aromatic carbocycles. The predicted octanol–water partition coefficient (Wildman–Crippen LogP) is 3.70. The Hall–Kier alpha value is -2.15. The molecule has 0 spiro atoms. The highest BCUT2D eigenvalue weighted by Gasteiger charge is 1.99. The summed E-state index contributed by atoms with van der Waals surface area (Å²) >= 11 is 0. The van der Waals surface area contributed by atoms with E-state index in [1.165, 1.54) is 0 Å². The molecule has 0 unspecified atom stereocenters. The number of fused-ring (bicyclic) bond motifs is 1. The smallest absolute Gasteiger partial charge is 0.0708 e. The van der Waals surface area contributed by atoms with Crippen LogP contribution in [0, 0.1) is 6.07 Å². The van der Waals surface area contributed by atoms with Gasteiger partial charge in [-0.05, 0) is 11.6 Å². The van der Waals surface area contributed by atoms with Crippen molar-refractivity contribution in [3.63, 3.8) is 0 Å². The van der Waals surface area contributed by atoms with Crippen molar-refractivity contribution in [3.05, 3.63) is 66.9 Å². The van der Waals surface area contributed by atoms with Crippen LogP contribution in [-0.2, 0) is 0 Å². The number of hydrogen-bond donors (Lipinski definition) is 0. The fourth-order valence-corrected chi connectivity index (χ4v) is 1.77. The molecule has 0 amide bonds. The monoisotopic (exact) mass is 204 g/mol. The predicted molar refractivity (Wildman–Crippen MR) is 66.0 cm³/mol. The number of pyridine rings is 1. The normalized spacial score (nSPS) is 10.5. The molecule has 0 bridgehead atoms. The van der Waals surface area contributed by atoms with Gasteiger partial charge in [-0.3, -0.25) is 4.98 Å². The number of para-hydroxylation sites is 1. The minimum absolute atomic E-state index is 0.988. The largest absolute Gasteiger partial charge is 0.256 e. The number of nitrogens with zero attached hydrogens (tertiary/aromatic N) is 1. The van der Waals surface area contributed by atoms with Gasteiger partial charge in [0.1, 0.15) is 0 Å². The summed E-state index contributed by atoms with van der Waals surface area (Å²) < 4.78 is 0. The highest BCUT2D eigenvalue weighted by Crippen LogP contribution is 2.21. The van der Waals surface area contributed by atoms with Crippen LogP contribution in [0.5, 0.6) is 0 Å². The van der Waals surface area contributed by atoms with E-state index in [1.54, 1.807) is 0 Å². The van der Waals surface area contributed by atoms with E-state index in [-0.39, 0.29) is 0 Å². The highest BCUT2D eigenvalue weighted by molar-refractivity contribution is 5.82. The van der Waals surface area contributed by atoms with Crippen LogP contribution in [0.2, 0.25) is 0 Å². The van der Waals surface area contributed by atoms with E-state index in [4.69, 9.17) is 0 Å². The molecule has 0 N–H and O–H groups in total. The van der Waals surface area contributed by atoms with Crippen LogP contribution in [0.3, 0.4) is 0 Å². The van der Waals surface area contributed by atoms with E-state index >= 15 is 0 Å². The third kappa shape index (κ3) is 1.57. The standard InChI is InChI=1S/C15H10N/c1-2-6-12(7-3-1)14-10-13-8-4-5-9-15(13)16-11-14/h1-9,11H. The third-order valence-corrected chi connectivity index (χ3v) is 2.59. The number of aromatic nitrogens is 1. The number of hydrogen-bond acceptors (Lipinski definition) is 1. The molecular weight excluding hydrogens is 194 g/mol. The van der Waals surface area contributed by atoms with Gasteiger partial charge in [0.15, 0.2) is 0 Å². The van der Waals surface area contributed by atoms with Crippen LogP contribution in [0.15, 0.2) is 60.8 Å². The van der Waals surface area contributed by atoms with Gasteiger partial charge in [-0.15, -0.1) is 0 Å². The van der Waals surface area contributed by atoms with Crippen molar-refractivity contribution in [1.29, 1.82) is 0 Å². The Bertz CT molecular complexity index is 614. The Balaban J connectivity index is 2.19. The topological polar surface area (TPSA) is 12.9 Å². The van der Waals surface area contributed by atoms with Crippen molar-refractivity contribution in [2.75, 3.05) is 0 Å². The molecule has 1 aromatic heterocycles. The van der Waals surface area contributed by atoms with Crippen molar-refractivity contribution in [1.82, 2.24) is 4.98 Å². The van der Waals surface area contributed by atoms with Gasteiger partial charge in [0.25, 0.3) is 0 Å². The summed E-state index contributed by atoms with van der Waals surface area (Å²) in [5.41, 5.74) is 3.18. The molecule has 0 aliphatic heterocycles. The van der Waals surface area contributed by atoms with Crippen molar-refractivity contribution in [2.45, 2.75) is 0 Å². The van der Waals surface area contributed by atoms with Gasteiger partial charge in [0.2, 0.25) is 0 Å². The summed E-state index contributed by atoms with van der Waals surface area (Å²) in [4.78, 5) is 4.43. The van der Waals surface area contributed by atoms with Crippen molar-refractivity contribution < 1.29 is 0 Å². The molecule has 0 fully saturated rings. The fourth-order valence-electron chi connectivity index (χ4n) is 1.77. The van der Waals surface area contributed by atoms with Crippen LogP contribution in [0.4, 0.5) is 0 Å². The van der Waals surface area contributed by atoms with E-state index in [2.05, 4.69) is 23.2 Å². The lowest BCUT2D eigenvalue weighted by Gasteiger charge is -2.02. The zero-order chi connectivity index (χ0) is 10.8. The van der Waals surface area contributed by atoms with Crippen LogP contribution >= 0.6 is 0 Å². The molecule has 3 aromatic rings. The molecule has 3 rings (SSSR count). The molecule has 0 saturated heterocycles. The first-order valence-electron chi connectivity index (χ1n) is 5.26. The van der Waals surface area contributed by atoms with E-state index in [1.807, 2.05) is 48.7 Å². The summed E-state index contributed by atoms with van der Waals surface area (Å²) in [7, 11) is 0. The Morgan fingerprint density at radius 1 is 0.812 bits per heavy atom. The van der Waals surface area contributed by atoms with Gasteiger partial charge in [0, 0.05) is 23.2 Å². The summed E-state index contributed by atoms with van der Waals surface area (Å²) in [5, 5.41) is 1.06. The maximum atomic E-state index is 4.43. The lowest BCUT2D eigenvalue weighted by atomic mass is 10.1. The van der Waals surface area contributed by atoms with E-state index < -0.39 is 0 Å². The third-order valence-electron chi connectivity index (χ3n) is 2.59. The van der Waals surface area contributed by atoms with E-state index in [0.29, 0.717) is 0 Å². The van der Waals surface area contributed by atoms with Gasteiger partial charge >= 0.3 is 0 Å². The van der Waals surface area contributed by atoms with Crippen molar-refractivity contribution in [2.24, 2.45) is 0 Å². The summed E-state index contributed by atoms with van der Waals surface area (Å²) in [5.74, 6) is 0. The number of benzene rings is 2. The van der Waals surface area contributed by atoms with E-state index in [0.717, 1.165) is 22.0 Å². The summed E-state index contributed by atoms with van der Waals surface area (Å²) in [6.45, 7) is 0. The van der Waals surface area contributed by atoms with Gasteiger partial charge in [0.05, 0.1) is 5.52 Å². The molecule has 0 saturated carbocycles. The SMILES string of the molecule is [c]1c(-c2ccccc2)cnc2ccccc12. The zero-order valence-corrected chi connectivity index (χ0v) is 8.72. The van der Waals surface area contributed by atoms with Crippen LogP contribution < -0.4 is 0 Å². The Morgan fingerprint density at radius 3 is 2.44 bits per heavy atom. The summed E-state index contributed by atoms with van der Waals surface area (Å²) in [6, 6.07) is 21.6. The molecule has 1 heterocycles. The molecular formula is C15H10N. The minimum Gasteiger partial charge on any atom is -0.256 e. The lowest BCUT2D eigenvalue weighted by molar-refractivity contribution is 1.40. The molecule has 1 radical (unpaired) electrons. The quantitative estimate of drug-likeness (QED) is 0.589. The van der Waals surface area contributed by atoms with E-state index in [9.17, 15) is 0 Å². The van der Waals surface area contributed by atoms with Crippen molar-refractivity contribution in [3.8, 4) is 11.1 Å². The minimum atomic E-state index is 0.988. The molecule has 0 atom stereocenters.